The molecule has 0 aliphatic rings. The van der Waals surface area contributed by atoms with E-state index in [0.717, 1.165) is 6.42 Å². The maximum absolute atomic E-state index is 12.0. The van der Waals surface area contributed by atoms with Crippen molar-refractivity contribution in [1.29, 1.82) is 0 Å². The van der Waals surface area contributed by atoms with Crippen LogP contribution < -0.4 is 0 Å². The van der Waals surface area contributed by atoms with Crippen LogP contribution in [0.4, 0.5) is 0 Å². The zero-order chi connectivity index (χ0) is 18.4. The van der Waals surface area contributed by atoms with Crippen molar-refractivity contribution in [3.05, 3.63) is 0 Å². The molecule has 0 radical (unpaired) electrons. The molecular weight excluding hydrogens is 332 g/mol. The Morgan fingerprint density at radius 1 is 1.17 bits per heavy atom. The van der Waals surface area contributed by atoms with E-state index in [1.165, 1.54) is 14.2 Å². The molecule has 0 aromatic rings. The van der Waals surface area contributed by atoms with Crippen molar-refractivity contribution in [2.45, 2.75) is 52.2 Å². The molecule has 0 aliphatic carbocycles. The van der Waals surface area contributed by atoms with Crippen LogP contribution in [0.1, 0.15) is 40.0 Å². The molecule has 0 fully saturated rings. The van der Waals surface area contributed by atoms with E-state index in [1.54, 1.807) is 0 Å². The van der Waals surface area contributed by atoms with E-state index in [0.29, 0.717) is 38.7 Å². The number of rotatable bonds is 15. The quantitative estimate of drug-likeness (QED) is 0.270. The smallest absolute Gasteiger partial charge is 0.465 e. The van der Waals surface area contributed by atoms with Crippen molar-refractivity contribution >= 4 is 14.8 Å². The Morgan fingerprint density at radius 2 is 1.83 bits per heavy atom. The van der Waals surface area contributed by atoms with Crippen LogP contribution in [-0.4, -0.2) is 66.3 Å². The molecule has 0 rings (SSSR count). The van der Waals surface area contributed by atoms with Gasteiger partial charge in [-0.3, -0.25) is 4.79 Å². The topological polar surface area (TPSA) is 83.5 Å². The third kappa shape index (κ3) is 10.4. The van der Waals surface area contributed by atoms with Gasteiger partial charge in [0.25, 0.3) is 0 Å². The molecule has 2 atom stereocenters. The minimum Gasteiger partial charge on any atom is -0.465 e. The molecule has 8 heteroatoms. The maximum atomic E-state index is 12.0. The van der Waals surface area contributed by atoms with E-state index in [-0.39, 0.29) is 24.6 Å². The van der Waals surface area contributed by atoms with Crippen molar-refractivity contribution < 1.29 is 32.7 Å². The van der Waals surface area contributed by atoms with Gasteiger partial charge in [0.15, 0.2) is 0 Å². The molecule has 0 spiro atoms. The van der Waals surface area contributed by atoms with E-state index in [1.807, 2.05) is 20.8 Å². The zero-order valence-corrected chi connectivity index (χ0v) is 16.7. The Balaban J connectivity index is 4.10. The molecule has 0 saturated carbocycles. The second kappa shape index (κ2) is 13.7. The molecule has 0 aromatic carbocycles. The summed E-state index contributed by atoms with van der Waals surface area (Å²) < 4.78 is 26.3. The Kier molecular flexibility index (Phi) is 13.4. The monoisotopic (exact) mass is 366 g/mol. The van der Waals surface area contributed by atoms with E-state index in [9.17, 15) is 9.59 Å². The van der Waals surface area contributed by atoms with Crippen molar-refractivity contribution in [2.75, 3.05) is 40.6 Å². The minimum absolute atomic E-state index is 0.108. The summed E-state index contributed by atoms with van der Waals surface area (Å²) in [5.74, 6) is -0.539. The van der Waals surface area contributed by atoms with E-state index in [2.05, 4.69) is 0 Å². The lowest BCUT2D eigenvalue weighted by Crippen LogP contribution is -2.40. The lowest BCUT2D eigenvalue weighted by atomic mass is 10.0. The van der Waals surface area contributed by atoms with Crippen molar-refractivity contribution in [3.8, 4) is 0 Å². The van der Waals surface area contributed by atoms with Gasteiger partial charge < -0.3 is 27.9 Å². The Bertz CT molecular complexity index is 324. The van der Waals surface area contributed by atoms with Crippen LogP contribution in [0, 0.1) is 5.92 Å². The summed E-state index contributed by atoms with van der Waals surface area (Å²) in [4.78, 5) is 22.0. The third-order valence-corrected chi connectivity index (χ3v) is 5.85. The molecule has 24 heavy (non-hydrogen) atoms. The fourth-order valence-corrected chi connectivity index (χ4v) is 3.33. The normalized spacial score (nSPS) is 14.4. The maximum Gasteiger partial charge on any atom is 0.497 e. The first-order valence-corrected chi connectivity index (χ1v) is 10.6. The van der Waals surface area contributed by atoms with Crippen molar-refractivity contribution in [3.63, 3.8) is 0 Å². The molecule has 0 aromatic heterocycles. The van der Waals surface area contributed by atoms with Gasteiger partial charge in [-0.05, 0) is 26.2 Å². The van der Waals surface area contributed by atoms with Crippen LogP contribution in [0.2, 0.25) is 6.04 Å². The summed E-state index contributed by atoms with van der Waals surface area (Å²) in [6.45, 7) is 7.78. The van der Waals surface area contributed by atoms with Gasteiger partial charge in [0.1, 0.15) is 0 Å². The van der Waals surface area contributed by atoms with Crippen LogP contribution >= 0.6 is 0 Å². The molecular formula is C16H34O7Si. The lowest BCUT2D eigenvalue weighted by Gasteiger charge is -2.21. The predicted molar refractivity (Wildman–Crippen MR) is 92.7 cm³/mol. The van der Waals surface area contributed by atoms with E-state index < -0.39 is 8.80 Å². The zero-order valence-electron chi connectivity index (χ0n) is 15.7. The first-order chi connectivity index (χ1) is 11.4. The number of esters is 1. The fourth-order valence-electron chi connectivity index (χ4n) is 2.17. The number of hydrogen-bond donors (Lipinski definition) is 1. The van der Waals surface area contributed by atoms with Crippen LogP contribution in [0.5, 0.6) is 0 Å². The van der Waals surface area contributed by atoms with Crippen LogP contribution in [0.25, 0.3) is 0 Å². The highest BCUT2D eigenvalue weighted by atomic mass is 28.4. The van der Waals surface area contributed by atoms with Gasteiger partial charge in [-0.1, -0.05) is 13.8 Å². The number of carbonyl (C=O) groups excluding carboxylic acids is 1. The summed E-state index contributed by atoms with van der Waals surface area (Å²) >= 11 is 0. The molecule has 0 saturated heterocycles. The standard InChI is InChI=1S/C16H34O7Si/c1-6-9-21-13-15(22-7-2)12-14(3)16(17)23-10-8-11-24(18,19-4)20-5/h14-15,18H,6-13H2,1-5H3. The highest BCUT2D eigenvalue weighted by Crippen LogP contribution is 2.14. The molecule has 7 nitrogen and oxygen atoms in total. The van der Waals surface area contributed by atoms with Gasteiger partial charge in [0.2, 0.25) is 0 Å². The van der Waals surface area contributed by atoms with Gasteiger partial charge in [0.05, 0.1) is 25.2 Å². The van der Waals surface area contributed by atoms with Gasteiger partial charge in [0, 0.05) is 33.5 Å². The molecule has 0 bridgehead atoms. The molecule has 0 heterocycles. The van der Waals surface area contributed by atoms with Gasteiger partial charge in [-0.2, -0.15) is 0 Å². The number of carbonyl (C=O) groups is 1. The molecule has 144 valence electrons. The van der Waals surface area contributed by atoms with Crippen molar-refractivity contribution in [2.24, 2.45) is 5.92 Å². The van der Waals surface area contributed by atoms with Crippen LogP contribution in [0.15, 0.2) is 0 Å². The average molecular weight is 367 g/mol. The number of hydrogen-bond acceptors (Lipinski definition) is 7. The second-order valence-corrected chi connectivity index (χ2v) is 8.42. The summed E-state index contributed by atoms with van der Waals surface area (Å²) in [5, 5.41) is 0. The SMILES string of the molecule is CCCOCC(CC(C)C(=O)OCCC[Si](O)(OC)OC)OCC. The highest BCUT2D eigenvalue weighted by molar-refractivity contribution is 6.59. The fraction of sp³-hybridized carbons (Fsp3) is 0.938. The average Bonchev–Trinajstić information content (AvgIpc) is 2.58. The highest BCUT2D eigenvalue weighted by Gasteiger charge is 2.33. The van der Waals surface area contributed by atoms with E-state index in [4.69, 9.17) is 23.1 Å². The Morgan fingerprint density at radius 3 is 2.38 bits per heavy atom. The van der Waals surface area contributed by atoms with Gasteiger partial charge in [-0.15, -0.1) is 0 Å². The second-order valence-electron chi connectivity index (χ2n) is 5.68. The van der Waals surface area contributed by atoms with Gasteiger partial charge >= 0.3 is 14.8 Å². The van der Waals surface area contributed by atoms with E-state index >= 15 is 0 Å². The largest absolute Gasteiger partial charge is 0.497 e. The number of ether oxygens (including phenoxy) is 3. The summed E-state index contributed by atoms with van der Waals surface area (Å²) in [5.41, 5.74) is 0. The lowest BCUT2D eigenvalue weighted by molar-refractivity contribution is -0.149. The minimum atomic E-state index is -3.08. The first-order valence-electron chi connectivity index (χ1n) is 8.61. The summed E-state index contributed by atoms with van der Waals surface area (Å²) in [6, 6.07) is 0.355. The summed E-state index contributed by atoms with van der Waals surface area (Å²) in [6.07, 6.45) is 1.90. The molecule has 2 unspecified atom stereocenters. The Labute approximate surface area is 146 Å². The first kappa shape index (κ1) is 23.5. The molecule has 1 N–H and O–H groups in total. The Hall–Kier alpha value is -0.513. The third-order valence-electron chi connectivity index (χ3n) is 3.59. The molecule has 0 aliphatic heterocycles. The van der Waals surface area contributed by atoms with Crippen LogP contribution in [0.3, 0.4) is 0 Å². The van der Waals surface area contributed by atoms with Crippen molar-refractivity contribution in [1.82, 2.24) is 0 Å². The van der Waals surface area contributed by atoms with Gasteiger partial charge in [-0.25, -0.2) is 0 Å². The molecule has 0 amide bonds. The summed E-state index contributed by atoms with van der Waals surface area (Å²) in [7, 11) is -0.250. The van der Waals surface area contributed by atoms with Crippen LogP contribution in [-0.2, 0) is 27.9 Å². The predicted octanol–water partition coefficient (Wildman–Crippen LogP) is 2.00.